The summed E-state index contributed by atoms with van der Waals surface area (Å²) in [6, 6.07) is 0. The third-order valence-electron chi connectivity index (χ3n) is 3.95. The van der Waals surface area contributed by atoms with Gasteiger partial charge in [0.05, 0.1) is 17.7 Å². The average molecular weight is 325 g/mol. The zero-order chi connectivity index (χ0) is 14.1. The van der Waals surface area contributed by atoms with Crippen molar-refractivity contribution in [3.63, 3.8) is 0 Å². The molecular formula is C12H18Cl2N2O2S. The molecule has 19 heavy (non-hydrogen) atoms. The molecule has 0 aliphatic carbocycles. The van der Waals surface area contributed by atoms with Crippen molar-refractivity contribution in [2.45, 2.75) is 12.8 Å². The molecule has 0 amide bonds. The van der Waals surface area contributed by atoms with Gasteiger partial charge in [-0.2, -0.15) is 5.10 Å². The van der Waals surface area contributed by atoms with E-state index in [4.69, 9.17) is 23.2 Å². The molecular weight excluding hydrogens is 307 g/mol. The Hall–Kier alpha value is -0.260. The van der Waals surface area contributed by atoms with Gasteiger partial charge in [-0.05, 0) is 24.3 Å². The molecule has 2 heterocycles. The molecule has 1 aliphatic heterocycles. The van der Waals surface area contributed by atoms with Crippen molar-refractivity contribution in [2.24, 2.45) is 18.4 Å². The number of sulfone groups is 1. The molecule has 1 aromatic rings. The topological polar surface area (TPSA) is 52.0 Å². The van der Waals surface area contributed by atoms with Crippen LogP contribution in [-0.4, -0.2) is 41.5 Å². The van der Waals surface area contributed by atoms with Gasteiger partial charge in [-0.1, -0.05) is 0 Å². The van der Waals surface area contributed by atoms with E-state index in [1.165, 1.54) is 0 Å². The Morgan fingerprint density at radius 2 is 2.16 bits per heavy atom. The van der Waals surface area contributed by atoms with Crippen molar-refractivity contribution in [3.8, 4) is 0 Å². The summed E-state index contributed by atoms with van der Waals surface area (Å²) in [5.41, 5.74) is 0.684. The van der Waals surface area contributed by atoms with E-state index in [0.29, 0.717) is 24.6 Å². The normalized spacial score (nSPS) is 22.8. The van der Waals surface area contributed by atoms with E-state index < -0.39 is 9.84 Å². The van der Waals surface area contributed by atoms with Crippen molar-refractivity contribution < 1.29 is 8.42 Å². The van der Waals surface area contributed by atoms with Crippen molar-refractivity contribution in [2.75, 3.05) is 23.3 Å². The van der Waals surface area contributed by atoms with Gasteiger partial charge in [-0.25, -0.2) is 8.42 Å². The summed E-state index contributed by atoms with van der Waals surface area (Å²) >= 11 is 12.3. The van der Waals surface area contributed by atoms with Crippen LogP contribution in [0.3, 0.4) is 0 Å². The molecule has 1 unspecified atom stereocenters. The molecule has 0 aromatic carbocycles. The highest BCUT2D eigenvalue weighted by molar-refractivity contribution is 7.91. The minimum absolute atomic E-state index is 0.0349. The lowest BCUT2D eigenvalue weighted by molar-refractivity contribution is 0.244. The molecule has 2 rings (SSSR count). The third kappa shape index (κ3) is 3.26. The second-order valence-corrected chi connectivity index (χ2v) is 8.19. The maximum absolute atomic E-state index is 11.7. The number of rotatable bonds is 5. The van der Waals surface area contributed by atoms with Crippen LogP contribution in [0.2, 0.25) is 0 Å². The van der Waals surface area contributed by atoms with E-state index in [1.54, 1.807) is 10.9 Å². The van der Waals surface area contributed by atoms with Crippen LogP contribution < -0.4 is 0 Å². The van der Waals surface area contributed by atoms with E-state index in [-0.39, 0.29) is 22.8 Å². The summed E-state index contributed by atoms with van der Waals surface area (Å²) < 4.78 is 25.1. The molecule has 1 aliphatic rings. The largest absolute Gasteiger partial charge is 0.276 e. The Morgan fingerprint density at radius 3 is 2.58 bits per heavy atom. The number of alkyl halides is 2. The predicted octanol–water partition coefficient (Wildman–Crippen LogP) is 1.86. The highest BCUT2D eigenvalue weighted by Gasteiger charge is 2.43. The summed E-state index contributed by atoms with van der Waals surface area (Å²) in [4.78, 5) is 0. The summed E-state index contributed by atoms with van der Waals surface area (Å²) in [7, 11) is -1.07. The van der Waals surface area contributed by atoms with Gasteiger partial charge in [-0.15, -0.1) is 23.2 Å². The molecule has 1 fully saturated rings. The molecule has 0 radical (unpaired) electrons. The van der Waals surface area contributed by atoms with Crippen molar-refractivity contribution in [1.29, 1.82) is 0 Å². The highest BCUT2D eigenvalue weighted by Crippen LogP contribution is 2.41. The lowest BCUT2D eigenvalue weighted by Crippen LogP contribution is -2.37. The zero-order valence-corrected chi connectivity index (χ0v) is 13.2. The van der Waals surface area contributed by atoms with Gasteiger partial charge in [0, 0.05) is 30.4 Å². The Morgan fingerprint density at radius 1 is 1.47 bits per heavy atom. The fourth-order valence-electron chi connectivity index (χ4n) is 2.74. The van der Waals surface area contributed by atoms with Crippen LogP contribution in [0.5, 0.6) is 0 Å². The fourth-order valence-corrected chi connectivity index (χ4v) is 5.60. The molecule has 108 valence electrons. The standard InChI is InChI=1S/C12H18Cl2N2O2S/c1-16-6-10(5-15-16)4-12(8-13,9-14)11-2-3-19(17,18)7-11/h5-6,11H,2-4,7-9H2,1H3. The van der Waals surface area contributed by atoms with Gasteiger partial charge in [0.25, 0.3) is 0 Å². The summed E-state index contributed by atoms with van der Waals surface area (Å²) in [5.74, 6) is 1.22. The van der Waals surface area contributed by atoms with Crippen LogP contribution in [0, 0.1) is 11.3 Å². The van der Waals surface area contributed by atoms with Crippen LogP contribution in [0.1, 0.15) is 12.0 Å². The fraction of sp³-hybridized carbons (Fsp3) is 0.750. The molecule has 0 N–H and O–H groups in total. The first-order valence-corrected chi connectivity index (χ1v) is 9.10. The van der Waals surface area contributed by atoms with E-state index in [2.05, 4.69) is 5.10 Å². The Balaban J connectivity index is 2.22. The van der Waals surface area contributed by atoms with Crippen molar-refractivity contribution in [1.82, 2.24) is 9.78 Å². The third-order valence-corrected chi connectivity index (χ3v) is 6.78. The molecule has 0 bridgehead atoms. The Labute approximate surface area is 124 Å². The van der Waals surface area contributed by atoms with Gasteiger partial charge in [0.2, 0.25) is 0 Å². The van der Waals surface area contributed by atoms with Gasteiger partial charge in [0.1, 0.15) is 0 Å². The molecule has 1 aromatic heterocycles. The van der Waals surface area contributed by atoms with Crippen LogP contribution in [0.4, 0.5) is 0 Å². The first kappa shape index (κ1) is 15.1. The lowest BCUT2D eigenvalue weighted by atomic mass is 9.74. The maximum atomic E-state index is 11.7. The number of hydrogen-bond acceptors (Lipinski definition) is 3. The van der Waals surface area contributed by atoms with Gasteiger partial charge < -0.3 is 0 Å². The summed E-state index contributed by atoms with van der Waals surface area (Å²) in [6.07, 6.45) is 5.05. The minimum Gasteiger partial charge on any atom is -0.276 e. The molecule has 0 saturated carbocycles. The van der Waals surface area contributed by atoms with Crippen LogP contribution >= 0.6 is 23.2 Å². The second kappa shape index (κ2) is 5.62. The second-order valence-electron chi connectivity index (χ2n) is 5.43. The van der Waals surface area contributed by atoms with E-state index >= 15 is 0 Å². The molecule has 0 spiro atoms. The number of aromatic nitrogens is 2. The highest BCUT2D eigenvalue weighted by atomic mass is 35.5. The minimum atomic E-state index is -2.92. The quantitative estimate of drug-likeness (QED) is 0.777. The smallest absolute Gasteiger partial charge is 0.150 e. The zero-order valence-electron chi connectivity index (χ0n) is 10.8. The number of hydrogen-bond donors (Lipinski definition) is 0. The predicted molar refractivity (Wildman–Crippen MR) is 77.5 cm³/mol. The molecule has 7 heteroatoms. The van der Waals surface area contributed by atoms with E-state index in [1.807, 2.05) is 13.2 Å². The van der Waals surface area contributed by atoms with E-state index in [0.717, 1.165) is 5.56 Å². The van der Waals surface area contributed by atoms with Gasteiger partial charge in [-0.3, -0.25) is 4.68 Å². The van der Waals surface area contributed by atoms with E-state index in [9.17, 15) is 8.42 Å². The van der Waals surface area contributed by atoms with Crippen LogP contribution in [0.25, 0.3) is 0 Å². The Bertz CT molecular complexity index is 538. The van der Waals surface area contributed by atoms with Gasteiger partial charge >= 0.3 is 0 Å². The number of halogens is 2. The Kier molecular flexibility index (Phi) is 4.48. The average Bonchev–Trinajstić information content (AvgIpc) is 2.92. The molecule has 4 nitrogen and oxygen atoms in total. The molecule has 1 saturated heterocycles. The van der Waals surface area contributed by atoms with Crippen molar-refractivity contribution >= 4 is 33.0 Å². The van der Waals surface area contributed by atoms with Crippen LogP contribution in [-0.2, 0) is 23.3 Å². The maximum Gasteiger partial charge on any atom is 0.150 e. The first-order valence-electron chi connectivity index (χ1n) is 6.21. The summed E-state index contributed by atoms with van der Waals surface area (Å²) in [5, 5.41) is 4.14. The lowest BCUT2D eigenvalue weighted by Gasteiger charge is -2.35. The first-order chi connectivity index (χ1) is 8.91. The number of nitrogens with zero attached hydrogens (tertiary/aromatic N) is 2. The summed E-state index contributed by atoms with van der Waals surface area (Å²) in [6.45, 7) is 0. The number of aryl methyl sites for hydroxylation is 1. The molecule has 1 atom stereocenters. The SMILES string of the molecule is Cn1cc(CC(CCl)(CCl)C2CCS(=O)(=O)C2)cn1. The van der Waals surface area contributed by atoms with Crippen molar-refractivity contribution in [3.05, 3.63) is 18.0 Å². The van der Waals surface area contributed by atoms with Gasteiger partial charge in [0.15, 0.2) is 9.84 Å². The monoisotopic (exact) mass is 324 g/mol. The van der Waals surface area contributed by atoms with Crippen LogP contribution in [0.15, 0.2) is 12.4 Å².